The molecule has 3 atom stereocenters. The molecule has 0 saturated heterocycles. The molecule has 130 valence electrons. The molecule has 2 rings (SSSR count). The Kier molecular flexibility index (Phi) is 6.89. The van der Waals surface area contributed by atoms with Gasteiger partial charge in [-0.05, 0) is 31.7 Å². The highest BCUT2D eigenvalue weighted by Crippen LogP contribution is 2.37. The van der Waals surface area contributed by atoms with Gasteiger partial charge < -0.3 is 11.1 Å². The van der Waals surface area contributed by atoms with Crippen molar-refractivity contribution in [1.29, 1.82) is 0 Å². The summed E-state index contributed by atoms with van der Waals surface area (Å²) in [7, 11) is 0. The van der Waals surface area contributed by atoms with E-state index in [1.807, 2.05) is 19.1 Å². The van der Waals surface area contributed by atoms with Crippen LogP contribution in [0.3, 0.4) is 0 Å². The van der Waals surface area contributed by atoms with Gasteiger partial charge in [0, 0.05) is 6.04 Å². The van der Waals surface area contributed by atoms with Crippen LogP contribution < -0.4 is 11.1 Å². The van der Waals surface area contributed by atoms with Crippen LogP contribution in [0.1, 0.15) is 42.9 Å². The number of amides is 1. The first-order valence-corrected chi connectivity index (χ1v) is 7.46. The van der Waals surface area contributed by atoms with Crippen molar-refractivity contribution in [2.24, 2.45) is 11.7 Å². The highest BCUT2D eigenvalue weighted by Gasteiger charge is 2.42. The van der Waals surface area contributed by atoms with E-state index in [-0.39, 0.29) is 25.2 Å². The molecule has 3 unspecified atom stereocenters. The molecular formula is C16H22ClF3N2O. The Labute approximate surface area is 140 Å². The average molecular weight is 351 g/mol. The van der Waals surface area contributed by atoms with E-state index in [1.54, 1.807) is 12.1 Å². The number of carbonyl (C=O) groups excluding carboxylic acids is 1. The van der Waals surface area contributed by atoms with Gasteiger partial charge in [-0.3, -0.25) is 4.79 Å². The predicted molar refractivity (Wildman–Crippen MR) is 85.3 cm³/mol. The second kappa shape index (κ2) is 8.02. The van der Waals surface area contributed by atoms with Gasteiger partial charge in [-0.25, -0.2) is 0 Å². The summed E-state index contributed by atoms with van der Waals surface area (Å²) < 4.78 is 38.3. The lowest BCUT2D eigenvalue weighted by Gasteiger charge is -2.31. The van der Waals surface area contributed by atoms with Crippen LogP contribution in [0, 0.1) is 12.8 Å². The molecule has 1 fully saturated rings. The van der Waals surface area contributed by atoms with Gasteiger partial charge in [0.2, 0.25) is 5.91 Å². The van der Waals surface area contributed by atoms with Gasteiger partial charge >= 0.3 is 6.18 Å². The fourth-order valence-electron chi connectivity index (χ4n) is 2.83. The predicted octanol–water partition coefficient (Wildman–Crippen LogP) is 3.65. The molecule has 0 radical (unpaired) electrons. The van der Waals surface area contributed by atoms with Crippen molar-refractivity contribution in [2.75, 3.05) is 0 Å². The van der Waals surface area contributed by atoms with E-state index < -0.39 is 30.1 Å². The summed E-state index contributed by atoms with van der Waals surface area (Å²) >= 11 is 0. The number of rotatable bonds is 3. The summed E-state index contributed by atoms with van der Waals surface area (Å²) in [4.78, 5) is 12.1. The minimum Gasteiger partial charge on any atom is -0.352 e. The highest BCUT2D eigenvalue weighted by molar-refractivity contribution is 5.85. The second-order valence-corrected chi connectivity index (χ2v) is 6.00. The van der Waals surface area contributed by atoms with Crippen molar-refractivity contribution in [3.8, 4) is 0 Å². The van der Waals surface area contributed by atoms with Crippen molar-refractivity contribution in [2.45, 2.75) is 50.9 Å². The zero-order valence-corrected chi connectivity index (χ0v) is 13.7. The molecule has 0 spiro atoms. The second-order valence-electron chi connectivity index (χ2n) is 6.00. The molecule has 1 aromatic rings. The quantitative estimate of drug-likeness (QED) is 0.874. The van der Waals surface area contributed by atoms with E-state index in [9.17, 15) is 18.0 Å². The van der Waals surface area contributed by atoms with Crippen LogP contribution in [-0.2, 0) is 4.79 Å². The monoisotopic (exact) mass is 350 g/mol. The summed E-state index contributed by atoms with van der Waals surface area (Å²) in [6.07, 6.45) is -3.08. The third-order valence-electron chi connectivity index (χ3n) is 4.20. The highest BCUT2D eigenvalue weighted by atomic mass is 35.5. The fourth-order valence-corrected chi connectivity index (χ4v) is 2.83. The maximum Gasteiger partial charge on any atom is 0.391 e. The lowest BCUT2D eigenvalue weighted by molar-refractivity contribution is -0.184. The van der Waals surface area contributed by atoms with E-state index in [1.165, 1.54) is 0 Å². The Hall–Kier alpha value is -1.27. The van der Waals surface area contributed by atoms with Gasteiger partial charge in [-0.15, -0.1) is 12.4 Å². The third kappa shape index (κ3) is 5.39. The first-order valence-electron chi connectivity index (χ1n) is 7.46. The molecule has 1 aliphatic rings. The number of benzene rings is 1. The number of alkyl halides is 3. The number of halogens is 4. The molecular weight excluding hydrogens is 329 g/mol. The van der Waals surface area contributed by atoms with Crippen LogP contribution in [0.5, 0.6) is 0 Å². The van der Waals surface area contributed by atoms with Crippen molar-refractivity contribution in [1.82, 2.24) is 5.32 Å². The van der Waals surface area contributed by atoms with Gasteiger partial charge in [0.05, 0.1) is 5.92 Å². The molecule has 0 heterocycles. The Morgan fingerprint density at radius 3 is 2.43 bits per heavy atom. The van der Waals surface area contributed by atoms with Crippen molar-refractivity contribution >= 4 is 18.3 Å². The normalized spacial score (nSPS) is 22.8. The lowest BCUT2D eigenvalue weighted by Crippen LogP contribution is -2.44. The van der Waals surface area contributed by atoms with Crippen molar-refractivity contribution < 1.29 is 18.0 Å². The average Bonchev–Trinajstić information content (AvgIpc) is 2.46. The molecule has 23 heavy (non-hydrogen) atoms. The van der Waals surface area contributed by atoms with E-state index in [2.05, 4.69) is 5.32 Å². The molecule has 1 aromatic carbocycles. The number of carbonyl (C=O) groups is 1. The number of hydrogen-bond acceptors (Lipinski definition) is 2. The van der Waals surface area contributed by atoms with E-state index in [0.717, 1.165) is 5.56 Å². The van der Waals surface area contributed by atoms with Gasteiger partial charge in [-0.2, -0.15) is 13.2 Å². The molecule has 1 saturated carbocycles. The van der Waals surface area contributed by atoms with Crippen LogP contribution >= 0.6 is 12.4 Å². The van der Waals surface area contributed by atoms with Crippen molar-refractivity contribution in [3.63, 3.8) is 0 Å². The minimum atomic E-state index is -4.19. The standard InChI is InChI=1S/C16H21F3N2O.ClH/c1-10-5-7-11(8-6-10)14(20)15(22)21-13-4-2-3-12(9-13)16(17,18)19;/h5-8,12-14H,2-4,9,20H2,1H3,(H,21,22);1H. The fraction of sp³-hybridized carbons (Fsp3) is 0.562. The van der Waals surface area contributed by atoms with Crippen LogP contribution in [0.15, 0.2) is 24.3 Å². The van der Waals surface area contributed by atoms with Crippen LogP contribution in [-0.4, -0.2) is 18.1 Å². The zero-order chi connectivity index (χ0) is 16.3. The largest absolute Gasteiger partial charge is 0.391 e. The van der Waals surface area contributed by atoms with Gasteiger partial charge in [0.1, 0.15) is 6.04 Å². The minimum absolute atomic E-state index is 0. The summed E-state index contributed by atoms with van der Waals surface area (Å²) in [6, 6.07) is 5.92. The van der Waals surface area contributed by atoms with Gasteiger partial charge in [0.25, 0.3) is 0 Å². The van der Waals surface area contributed by atoms with E-state index in [4.69, 9.17) is 5.73 Å². The van der Waals surface area contributed by atoms with Crippen LogP contribution in [0.2, 0.25) is 0 Å². The molecule has 1 amide bonds. The summed E-state index contributed by atoms with van der Waals surface area (Å²) in [5.74, 6) is -1.75. The summed E-state index contributed by atoms with van der Waals surface area (Å²) in [6.45, 7) is 1.93. The lowest BCUT2D eigenvalue weighted by atomic mass is 9.85. The Bertz CT molecular complexity index is 519. The first-order chi connectivity index (χ1) is 10.3. The molecule has 3 nitrogen and oxygen atoms in total. The molecule has 7 heteroatoms. The SMILES string of the molecule is Cc1ccc(C(N)C(=O)NC2CCCC(C(F)(F)F)C2)cc1.Cl. The van der Waals surface area contributed by atoms with Gasteiger partial charge in [0.15, 0.2) is 0 Å². The first kappa shape index (κ1) is 19.8. The Balaban J connectivity index is 0.00000264. The number of nitrogens with two attached hydrogens (primary N) is 1. The van der Waals surface area contributed by atoms with Crippen molar-refractivity contribution in [3.05, 3.63) is 35.4 Å². The molecule has 3 N–H and O–H groups in total. The maximum atomic E-state index is 12.8. The maximum absolute atomic E-state index is 12.8. The number of nitrogens with one attached hydrogen (secondary N) is 1. The van der Waals surface area contributed by atoms with Gasteiger partial charge in [-0.1, -0.05) is 36.2 Å². The van der Waals surface area contributed by atoms with Crippen LogP contribution in [0.25, 0.3) is 0 Å². The number of aryl methyl sites for hydroxylation is 1. The summed E-state index contributed by atoms with van der Waals surface area (Å²) in [5.41, 5.74) is 7.60. The van der Waals surface area contributed by atoms with E-state index in [0.29, 0.717) is 18.4 Å². The van der Waals surface area contributed by atoms with Crippen LogP contribution in [0.4, 0.5) is 13.2 Å². The zero-order valence-electron chi connectivity index (χ0n) is 12.9. The molecule has 0 aliphatic heterocycles. The molecule has 0 aromatic heterocycles. The molecule has 0 bridgehead atoms. The summed E-state index contributed by atoms with van der Waals surface area (Å²) in [5, 5.41) is 2.67. The number of hydrogen-bond donors (Lipinski definition) is 2. The molecule has 1 aliphatic carbocycles. The smallest absolute Gasteiger partial charge is 0.352 e. The Morgan fingerprint density at radius 1 is 1.26 bits per heavy atom. The third-order valence-corrected chi connectivity index (χ3v) is 4.20. The topological polar surface area (TPSA) is 55.1 Å². The van der Waals surface area contributed by atoms with E-state index >= 15 is 0 Å². The Morgan fingerprint density at radius 2 is 1.87 bits per heavy atom.